The number of aliphatic hydroxyl groups is 1. The Morgan fingerprint density at radius 1 is 1.75 bits per heavy atom. The minimum Gasteiger partial charge on any atom is -0.382 e. The quantitative estimate of drug-likeness (QED) is 0.589. The molecule has 8 heavy (non-hydrogen) atoms. The number of rotatable bonds is 4. The number of unbranched alkanes of at least 4 members (excludes halogenated alkanes) is 1. The molecule has 1 atom stereocenters. The van der Waals surface area contributed by atoms with Gasteiger partial charge < -0.3 is 5.11 Å². The summed E-state index contributed by atoms with van der Waals surface area (Å²) in [6, 6.07) is 0. The molecule has 1 nitrogen and oxygen atoms in total. The van der Waals surface area contributed by atoms with Crippen LogP contribution in [0.5, 0.6) is 0 Å². The monoisotopic (exact) mass is 133 g/mol. The van der Waals surface area contributed by atoms with Gasteiger partial charge in [0.25, 0.3) is 0 Å². The summed E-state index contributed by atoms with van der Waals surface area (Å²) in [7, 11) is 0. The molecule has 1 N–H and O–H groups in total. The van der Waals surface area contributed by atoms with E-state index in [9.17, 15) is 0 Å². The van der Waals surface area contributed by atoms with Crippen molar-refractivity contribution >= 4 is 11.8 Å². The molecule has 0 saturated heterocycles. The van der Waals surface area contributed by atoms with Gasteiger partial charge in [-0.25, -0.2) is 0 Å². The molecular weight excluding hydrogens is 120 g/mol. The molecule has 0 spiro atoms. The van der Waals surface area contributed by atoms with Crippen LogP contribution in [0.2, 0.25) is 0 Å². The van der Waals surface area contributed by atoms with Crippen LogP contribution in [0, 0.1) is 6.92 Å². The van der Waals surface area contributed by atoms with Crippen LogP contribution in [0.25, 0.3) is 0 Å². The van der Waals surface area contributed by atoms with Gasteiger partial charge in [0.15, 0.2) is 0 Å². The topological polar surface area (TPSA) is 20.2 Å². The van der Waals surface area contributed by atoms with Crippen molar-refractivity contribution in [3.05, 3.63) is 6.92 Å². The number of hydrogen-bond donors (Lipinski definition) is 1. The van der Waals surface area contributed by atoms with Crippen LogP contribution in [-0.2, 0) is 0 Å². The molecule has 0 amide bonds. The van der Waals surface area contributed by atoms with Gasteiger partial charge in [0.2, 0.25) is 0 Å². The zero-order chi connectivity index (χ0) is 6.41. The lowest BCUT2D eigenvalue weighted by Gasteiger charge is -2.03. The lowest BCUT2D eigenvalue weighted by Crippen LogP contribution is -1.97. The molecule has 1 unspecified atom stereocenters. The first-order valence-electron chi connectivity index (χ1n) is 2.81. The van der Waals surface area contributed by atoms with Crippen molar-refractivity contribution < 1.29 is 5.11 Å². The molecule has 0 aliphatic heterocycles. The van der Waals surface area contributed by atoms with E-state index in [2.05, 4.69) is 6.92 Å². The van der Waals surface area contributed by atoms with Crippen LogP contribution < -0.4 is 0 Å². The summed E-state index contributed by atoms with van der Waals surface area (Å²) in [6.45, 7) is 3.67. The molecule has 0 aromatic heterocycles. The van der Waals surface area contributed by atoms with Crippen molar-refractivity contribution in [2.75, 3.05) is 6.26 Å². The molecule has 0 heterocycles. The van der Waals surface area contributed by atoms with Crippen molar-refractivity contribution in [3.63, 3.8) is 0 Å². The van der Waals surface area contributed by atoms with E-state index >= 15 is 0 Å². The molecule has 49 valence electrons. The second-order valence-corrected chi connectivity index (χ2v) is 2.70. The first-order valence-corrected chi connectivity index (χ1v) is 4.10. The number of aliphatic hydroxyl groups excluding tert-OH is 1. The van der Waals surface area contributed by atoms with Gasteiger partial charge in [0.05, 0.1) is 5.44 Å². The van der Waals surface area contributed by atoms with Gasteiger partial charge in [-0.05, 0) is 12.7 Å². The Bertz CT molecular complexity index is 47.8. The third-order valence-corrected chi connectivity index (χ3v) is 1.75. The highest BCUT2D eigenvalue weighted by atomic mass is 32.2. The molecule has 0 bridgehead atoms. The summed E-state index contributed by atoms with van der Waals surface area (Å²) in [5, 5.41) is 8.92. The van der Waals surface area contributed by atoms with Crippen molar-refractivity contribution in [2.45, 2.75) is 24.7 Å². The highest BCUT2D eigenvalue weighted by Gasteiger charge is 1.96. The van der Waals surface area contributed by atoms with E-state index in [1.807, 2.05) is 6.26 Å². The normalized spacial score (nSPS) is 13.9. The summed E-state index contributed by atoms with van der Waals surface area (Å²) in [5.41, 5.74) is -0.170. The van der Waals surface area contributed by atoms with Gasteiger partial charge in [-0.2, -0.15) is 0 Å². The average molecular weight is 133 g/mol. The van der Waals surface area contributed by atoms with E-state index in [1.54, 1.807) is 0 Å². The Balaban J connectivity index is 2.86. The summed E-state index contributed by atoms with van der Waals surface area (Å²) in [6.07, 6.45) is 4.75. The van der Waals surface area contributed by atoms with Crippen LogP contribution in [0.15, 0.2) is 0 Å². The Kier molecular flexibility index (Phi) is 5.66. The van der Waals surface area contributed by atoms with Crippen molar-refractivity contribution in [2.24, 2.45) is 0 Å². The molecule has 2 heteroatoms. The first kappa shape index (κ1) is 8.31. The van der Waals surface area contributed by atoms with Gasteiger partial charge in [-0.3, -0.25) is 0 Å². The maximum atomic E-state index is 8.92. The highest BCUT2D eigenvalue weighted by molar-refractivity contribution is 7.99. The molecule has 0 aliphatic carbocycles. The standard InChI is InChI=1S/C6H13OS/c1-3-4-5-6(7)8-2/h6-7H,1,3-5H2,2H3. The zero-order valence-corrected chi connectivity index (χ0v) is 6.08. The van der Waals surface area contributed by atoms with Crippen molar-refractivity contribution in [1.29, 1.82) is 0 Å². The number of hydrogen-bond acceptors (Lipinski definition) is 2. The maximum Gasteiger partial charge on any atom is 0.0990 e. The fourth-order valence-corrected chi connectivity index (χ4v) is 0.839. The maximum absolute atomic E-state index is 8.92. The van der Waals surface area contributed by atoms with Crippen LogP contribution >= 0.6 is 11.8 Å². The molecule has 0 fully saturated rings. The third-order valence-electron chi connectivity index (χ3n) is 0.973. The van der Waals surface area contributed by atoms with Gasteiger partial charge in [0.1, 0.15) is 0 Å². The van der Waals surface area contributed by atoms with Crippen LogP contribution in [0.1, 0.15) is 19.3 Å². The molecular formula is C6H13OS. The third kappa shape index (κ3) is 4.47. The molecule has 0 aromatic carbocycles. The zero-order valence-electron chi connectivity index (χ0n) is 5.26. The number of thioether (sulfide) groups is 1. The molecule has 0 aliphatic rings. The van der Waals surface area contributed by atoms with Gasteiger partial charge in [0, 0.05) is 0 Å². The molecule has 0 aromatic rings. The van der Waals surface area contributed by atoms with E-state index in [0.29, 0.717) is 0 Å². The smallest absolute Gasteiger partial charge is 0.0990 e. The predicted octanol–water partition coefficient (Wildman–Crippen LogP) is 1.67. The lowest BCUT2D eigenvalue weighted by molar-refractivity contribution is 0.250. The Morgan fingerprint density at radius 3 is 2.75 bits per heavy atom. The van der Waals surface area contributed by atoms with E-state index < -0.39 is 0 Å². The average Bonchev–Trinajstić information content (AvgIpc) is 1.83. The van der Waals surface area contributed by atoms with Crippen LogP contribution in [0.3, 0.4) is 0 Å². The lowest BCUT2D eigenvalue weighted by atomic mass is 10.3. The van der Waals surface area contributed by atoms with Crippen molar-refractivity contribution in [3.8, 4) is 0 Å². The summed E-state index contributed by atoms with van der Waals surface area (Å²) in [5.74, 6) is 0. The Morgan fingerprint density at radius 2 is 2.38 bits per heavy atom. The van der Waals surface area contributed by atoms with E-state index in [-0.39, 0.29) is 5.44 Å². The minimum absolute atomic E-state index is 0.170. The summed E-state index contributed by atoms with van der Waals surface area (Å²) in [4.78, 5) is 0. The van der Waals surface area contributed by atoms with Crippen molar-refractivity contribution in [1.82, 2.24) is 0 Å². The largest absolute Gasteiger partial charge is 0.382 e. The summed E-state index contributed by atoms with van der Waals surface area (Å²) < 4.78 is 0. The SMILES string of the molecule is [CH2]CCCC(O)SC. The molecule has 0 rings (SSSR count). The Labute approximate surface area is 55.5 Å². The predicted molar refractivity (Wildman–Crippen MR) is 38.7 cm³/mol. The molecule has 1 radical (unpaired) electrons. The second kappa shape index (κ2) is 5.45. The van der Waals surface area contributed by atoms with Gasteiger partial charge in [-0.15, -0.1) is 11.8 Å². The van der Waals surface area contributed by atoms with Gasteiger partial charge >= 0.3 is 0 Å². The highest BCUT2D eigenvalue weighted by Crippen LogP contribution is 2.09. The summed E-state index contributed by atoms with van der Waals surface area (Å²) >= 11 is 1.49. The minimum atomic E-state index is -0.170. The fourth-order valence-electron chi connectivity index (χ4n) is 0.437. The van der Waals surface area contributed by atoms with Crippen LogP contribution in [-0.4, -0.2) is 16.8 Å². The first-order chi connectivity index (χ1) is 3.81. The van der Waals surface area contributed by atoms with Crippen LogP contribution in [0.4, 0.5) is 0 Å². The Hall–Kier alpha value is 0.310. The van der Waals surface area contributed by atoms with E-state index in [1.165, 1.54) is 11.8 Å². The van der Waals surface area contributed by atoms with Gasteiger partial charge in [-0.1, -0.05) is 19.8 Å². The van der Waals surface area contributed by atoms with E-state index in [0.717, 1.165) is 19.3 Å². The molecule has 0 saturated carbocycles. The fraction of sp³-hybridized carbons (Fsp3) is 0.833. The van der Waals surface area contributed by atoms with E-state index in [4.69, 9.17) is 5.11 Å². The second-order valence-electron chi connectivity index (χ2n) is 1.69.